The summed E-state index contributed by atoms with van der Waals surface area (Å²) in [5.74, 6) is 0.692. The number of hydrogen-bond donors (Lipinski definition) is 2. The Balaban J connectivity index is 1.68. The molecule has 4 nitrogen and oxygen atoms in total. The molecule has 21 heavy (non-hydrogen) atoms. The maximum Gasteiger partial charge on any atom is 0.146 e. The Hall–Kier alpha value is -1.72. The van der Waals surface area contributed by atoms with Crippen LogP contribution in [0.1, 0.15) is 30.0 Å². The van der Waals surface area contributed by atoms with Gasteiger partial charge in [-0.3, -0.25) is 0 Å². The normalized spacial score (nSPS) is 20.9. The van der Waals surface area contributed by atoms with E-state index in [4.69, 9.17) is 17.3 Å². The number of nitrogens with zero attached hydrogens (tertiary/aromatic N) is 2. The van der Waals surface area contributed by atoms with Crippen molar-refractivity contribution in [3.05, 3.63) is 52.7 Å². The van der Waals surface area contributed by atoms with Crippen LogP contribution < -0.4 is 11.1 Å². The maximum absolute atomic E-state index is 13.8. The van der Waals surface area contributed by atoms with Gasteiger partial charge in [0.25, 0.3) is 0 Å². The van der Waals surface area contributed by atoms with Crippen LogP contribution in [0.15, 0.2) is 30.6 Å². The molecular formula is C15H16ClFN4. The van der Waals surface area contributed by atoms with Crippen LogP contribution in [0, 0.1) is 5.82 Å². The van der Waals surface area contributed by atoms with Crippen LogP contribution >= 0.6 is 11.6 Å². The number of hydrogen-bond acceptors (Lipinski definition) is 4. The van der Waals surface area contributed by atoms with Crippen molar-refractivity contribution in [2.45, 2.75) is 31.3 Å². The van der Waals surface area contributed by atoms with E-state index in [-0.39, 0.29) is 11.1 Å². The number of nitrogens with two attached hydrogens (primary N) is 1. The highest BCUT2D eigenvalue weighted by atomic mass is 35.5. The molecule has 0 spiro atoms. The van der Waals surface area contributed by atoms with E-state index in [0.717, 1.165) is 18.5 Å². The first-order valence-corrected chi connectivity index (χ1v) is 7.25. The zero-order valence-electron chi connectivity index (χ0n) is 11.4. The van der Waals surface area contributed by atoms with Gasteiger partial charge in [-0.05, 0) is 18.9 Å². The van der Waals surface area contributed by atoms with Crippen LogP contribution in [0.5, 0.6) is 0 Å². The number of halogens is 2. The third-order valence-corrected chi connectivity index (χ3v) is 4.06. The lowest BCUT2D eigenvalue weighted by molar-refractivity contribution is 0.345. The van der Waals surface area contributed by atoms with Crippen molar-refractivity contribution in [3.8, 4) is 0 Å². The van der Waals surface area contributed by atoms with E-state index in [1.807, 2.05) is 6.07 Å². The summed E-state index contributed by atoms with van der Waals surface area (Å²) < 4.78 is 13.8. The van der Waals surface area contributed by atoms with E-state index in [2.05, 4.69) is 15.3 Å². The van der Waals surface area contributed by atoms with Crippen molar-refractivity contribution in [1.82, 2.24) is 9.97 Å². The minimum atomic E-state index is -0.397. The molecule has 0 atom stereocenters. The molecule has 0 aliphatic heterocycles. The Morgan fingerprint density at radius 2 is 2.14 bits per heavy atom. The van der Waals surface area contributed by atoms with E-state index >= 15 is 0 Å². The summed E-state index contributed by atoms with van der Waals surface area (Å²) >= 11 is 5.76. The topological polar surface area (TPSA) is 63.8 Å². The van der Waals surface area contributed by atoms with Gasteiger partial charge in [0.05, 0.1) is 5.02 Å². The molecule has 0 bridgehead atoms. The van der Waals surface area contributed by atoms with Gasteiger partial charge in [0, 0.05) is 35.8 Å². The van der Waals surface area contributed by atoms with Gasteiger partial charge in [0.15, 0.2) is 0 Å². The summed E-state index contributed by atoms with van der Waals surface area (Å²) in [6.07, 6.45) is 3.44. The number of rotatable bonds is 4. The van der Waals surface area contributed by atoms with Crippen molar-refractivity contribution in [2.75, 3.05) is 5.32 Å². The average molecular weight is 307 g/mol. The zero-order valence-corrected chi connectivity index (χ0v) is 12.1. The van der Waals surface area contributed by atoms with Gasteiger partial charge < -0.3 is 11.1 Å². The second-order valence-corrected chi connectivity index (χ2v) is 5.73. The molecule has 0 unspecified atom stereocenters. The second kappa shape index (κ2) is 5.95. The predicted octanol–water partition coefficient (Wildman–Crippen LogP) is 3.09. The van der Waals surface area contributed by atoms with E-state index in [0.29, 0.717) is 23.8 Å². The third-order valence-electron chi connectivity index (χ3n) is 3.77. The monoisotopic (exact) mass is 306 g/mol. The van der Waals surface area contributed by atoms with Gasteiger partial charge in [-0.15, -0.1) is 0 Å². The van der Waals surface area contributed by atoms with Gasteiger partial charge in [0.2, 0.25) is 0 Å². The summed E-state index contributed by atoms with van der Waals surface area (Å²) in [7, 11) is 0. The highest BCUT2D eigenvalue weighted by molar-refractivity contribution is 6.30. The van der Waals surface area contributed by atoms with Crippen LogP contribution in [0.2, 0.25) is 5.02 Å². The maximum atomic E-state index is 13.8. The molecule has 1 aliphatic carbocycles. The van der Waals surface area contributed by atoms with Crippen LogP contribution in [0.4, 0.5) is 10.2 Å². The average Bonchev–Trinajstić information content (AvgIpc) is 2.46. The molecule has 1 aromatic carbocycles. The fourth-order valence-corrected chi connectivity index (χ4v) is 2.66. The van der Waals surface area contributed by atoms with Crippen LogP contribution in [0.25, 0.3) is 0 Å². The first kappa shape index (κ1) is 14.2. The molecule has 1 aliphatic rings. The Morgan fingerprint density at radius 1 is 1.33 bits per heavy atom. The minimum absolute atomic E-state index is 0.126. The molecule has 1 fully saturated rings. The Bertz CT molecular complexity index is 643. The van der Waals surface area contributed by atoms with Crippen molar-refractivity contribution in [2.24, 2.45) is 5.73 Å². The fraction of sp³-hybridized carbons (Fsp3) is 0.333. The molecule has 1 saturated carbocycles. The predicted molar refractivity (Wildman–Crippen MR) is 80.7 cm³/mol. The highest BCUT2D eigenvalue weighted by Gasteiger charge is 2.28. The minimum Gasteiger partial charge on any atom is -0.366 e. The molecule has 0 saturated heterocycles. The standard InChI is InChI=1S/C15H16ClFN4/c16-12-3-1-2-9(15(12)17)7-19-14-6-13(20-8-21-14)10-4-11(18)5-10/h1-3,6,8,10-11H,4-5,7,18H2,(H,19,20,21). The SMILES string of the molecule is NC1CC(c2cc(NCc3cccc(Cl)c3F)ncn2)C1. The van der Waals surface area contributed by atoms with Crippen LogP contribution in [-0.4, -0.2) is 16.0 Å². The molecule has 110 valence electrons. The van der Waals surface area contributed by atoms with E-state index < -0.39 is 5.82 Å². The lowest BCUT2D eigenvalue weighted by Gasteiger charge is -2.31. The van der Waals surface area contributed by atoms with E-state index in [1.54, 1.807) is 12.1 Å². The third kappa shape index (κ3) is 3.14. The summed E-state index contributed by atoms with van der Waals surface area (Å²) in [6, 6.07) is 7.13. The number of anilines is 1. The number of aromatic nitrogens is 2. The lowest BCUT2D eigenvalue weighted by Crippen LogP contribution is -2.35. The summed E-state index contributed by atoms with van der Waals surface area (Å²) in [5, 5.41) is 3.23. The van der Waals surface area contributed by atoms with Gasteiger partial charge in [-0.1, -0.05) is 23.7 Å². The fourth-order valence-electron chi connectivity index (χ4n) is 2.47. The molecule has 1 heterocycles. The van der Waals surface area contributed by atoms with Crippen LogP contribution in [0.3, 0.4) is 0 Å². The molecule has 6 heteroatoms. The summed E-state index contributed by atoms with van der Waals surface area (Å²) in [5.41, 5.74) is 7.29. The van der Waals surface area contributed by atoms with Gasteiger partial charge >= 0.3 is 0 Å². The molecule has 3 rings (SSSR count). The molecule has 3 N–H and O–H groups in total. The molecule has 0 radical (unpaired) electrons. The zero-order chi connectivity index (χ0) is 14.8. The Kier molecular flexibility index (Phi) is 4.03. The van der Waals surface area contributed by atoms with Gasteiger partial charge in [-0.2, -0.15) is 0 Å². The number of benzene rings is 1. The smallest absolute Gasteiger partial charge is 0.146 e. The van der Waals surface area contributed by atoms with Crippen molar-refractivity contribution in [1.29, 1.82) is 0 Å². The van der Waals surface area contributed by atoms with Crippen molar-refractivity contribution >= 4 is 17.4 Å². The first-order valence-electron chi connectivity index (χ1n) is 6.88. The van der Waals surface area contributed by atoms with Gasteiger partial charge in [0.1, 0.15) is 18.0 Å². The van der Waals surface area contributed by atoms with E-state index in [1.165, 1.54) is 12.4 Å². The lowest BCUT2D eigenvalue weighted by atomic mass is 9.79. The highest BCUT2D eigenvalue weighted by Crippen LogP contribution is 2.34. The molecular weight excluding hydrogens is 291 g/mol. The van der Waals surface area contributed by atoms with Crippen molar-refractivity contribution in [3.63, 3.8) is 0 Å². The first-order chi connectivity index (χ1) is 10.1. The summed E-state index contributed by atoms with van der Waals surface area (Å²) in [6.45, 7) is 0.326. The second-order valence-electron chi connectivity index (χ2n) is 5.32. The van der Waals surface area contributed by atoms with Crippen molar-refractivity contribution < 1.29 is 4.39 Å². The Morgan fingerprint density at radius 3 is 2.90 bits per heavy atom. The molecule has 2 aromatic rings. The molecule has 1 aromatic heterocycles. The largest absolute Gasteiger partial charge is 0.366 e. The van der Waals surface area contributed by atoms with Crippen LogP contribution in [-0.2, 0) is 6.54 Å². The molecule has 0 amide bonds. The quantitative estimate of drug-likeness (QED) is 0.911. The number of nitrogens with one attached hydrogen (secondary N) is 1. The van der Waals surface area contributed by atoms with E-state index in [9.17, 15) is 4.39 Å². The van der Waals surface area contributed by atoms with Gasteiger partial charge in [-0.25, -0.2) is 14.4 Å². The summed E-state index contributed by atoms with van der Waals surface area (Å²) in [4.78, 5) is 8.44. The Labute approximate surface area is 127 Å².